The summed E-state index contributed by atoms with van der Waals surface area (Å²) in [5.74, 6) is 0. The van der Waals surface area contributed by atoms with Crippen LogP contribution in [0.25, 0.3) is 10.9 Å². The molecule has 0 spiro atoms. The number of nitrogens with zero attached hydrogens (tertiary/aromatic N) is 1. The Labute approximate surface area is 101 Å². The quantitative estimate of drug-likeness (QED) is 0.757. The molecule has 17 heavy (non-hydrogen) atoms. The van der Waals surface area contributed by atoms with E-state index in [1.165, 1.54) is 19.3 Å². The van der Waals surface area contributed by atoms with E-state index in [0.717, 1.165) is 29.7 Å². The van der Waals surface area contributed by atoms with Crippen LogP contribution in [0.4, 0.5) is 5.69 Å². The van der Waals surface area contributed by atoms with Crippen molar-refractivity contribution in [3.05, 3.63) is 24.4 Å². The summed E-state index contributed by atoms with van der Waals surface area (Å²) in [5, 5.41) is 15.3. The Morgan fingerprint density at radius 1 is 1.35 bits per heavy atom. The van der Waals surface area contributed by atoms with Crippen LogP contribution in [0.15, 0.2) is 24.4 Å². The molecule has 3 rings (SSSR count). The maximum Gasteiger partial charge on any atom is 0.0881 e. The molecule has 1 saturated heterocycles. The molecule has 0 amide bonds. The zero-order valence-corrected chi connectivity index (χ0v) is 9.87. The van der Waals surface area contributed by atoms with E-state index >= 15 is 0 Å². The molecular weight excluding hydrogens is 212 g/mol. The van der Waals surface area contributed by atoms with E-state index < -0.39 is 0 Å². The standard InChI is InChI=1S/C13H18N4/c1-2-7-14-11(5-1)9-15-12-6-3-4-10-8-16-17-13(10)12/h3-4,6,8,11,14-15H,1-2,5,7,9H2,(H,16,17). The number of rotatable bonds is 3. The number of aromatic nitrogens is 2. The lowest BCUT2D eigenvalue weighted by Gasteiger charge is -2.24. The highest BCUT2D eigenvalue weighted by molar-refractivity contribution is 5.89. The van der Waals surface area contributed by atoms with Gasteiger partial charge in [0.05, 0.1) is 17.4 Å². The predicted octanol–water partition coefficient (Wildman–Crippen LogP) is 2.12. The molecule has 2 heterocycles. The number of hydrogen-bond acceptors (Lipinski definition) is 3. The molecule has 4 nitrogen and oxygen atoms in total. The number of H-pyrrole nitrogens is 1. The van der Waals surface area contributed by atoms with Gasteiger partial charge < -0.3 is 10.6 Å². The fraction of sp³-hybridized carbons (Fsp3) is 0.462. The van der Waals surface area contributed by atoms with E-state index in [0.29, 0.717) is 6.04 Å². The van der Waals surface area contributed by atoms with E-state index in [1.54, 1.807) is 0 Å². The first-order valence-corrected chi connectivity index (χ1v) is 6.33. The van der Waals surface area contributed by atoms with Crippen LogP contribution in [-0.4, -0.2) is 29.3 Å². The van der Waals surface area contributed by atoms with Gasteiger partial charge in [-0.25, -0.2) is 0 Å². The molecule has 1 aromatic heterocycles. The largest absolute Gasteiger partial charge is 0.382 e. The van der Waals surface area contributed by atoms with Crippen LogP contribution in [0.3, 0.4) is 0 Å². The number of anilines is 1. The van der Waals surface area contributed by atoms with Crippen molar-refractivity contribution >= 4 is 16.6 Å². The summed E-state index contributed by atoms with van der Waals surface area (Å²) < 4.78 is 0. The SMILES string of the molecule is c1cc(NCC2CCCCN2)c2[nH]ncc2c1. The Morgan fingerprint density at radius 3 is 3.24 bits per heavy atom. The predicted molar refractivity (Wildman–Crippen MR) is 70.2 cm³/mol. The van der Waals surface area contributed by atoms with Gasteiger partial charge in [-0.3, -0.25) is 5.10 Å². The van der Waals surface area contributed by atoms with Gasteiger partial charge in [-0.2, -0.15) is 5.10 Å². The van der Waals surface area contributed by atoms with Gasteiger partial charge >= 0.3 is 0 Å². The Kier molecular flexibility index (Phi) is 2.96. The number of aromatic amines is 1. The number of fused-ring (bicyclic) bond motifs is 1. The van der Waals surface area contributed by atoms with Gasteiger partial charge in [-0.05, 0) is 25.5 Å². The summed E-state index contributed by atoms with van der Waals surface area (Å²) in [5.41, 5.74) is 2.25. The lowest BCUT2D eigenvalue weighted by atomic mass is 10.1. The van der Waals surface area contributed by atoms with Crippen LogP contribution in [0.2, 0.25) is 0 Å². The third kappa shape index (κ3) is 2.26. The zero-order chi connectivity index (χ0) is 11.5. The molecule has 0 saturated carbocycles. The van der Waals surface area contributed by atoms with Crippen LogP contribution in [0.1, 0.15) is 19.3 Å². The van der Waals surface area contributed by atoms with Gasteiger partial charge in [0.2, 0.25) is 0 Å². The number of hydrogen-bond donors (Lipinski definition) is 3. The molecule has 4 heteroatoms. The number of piperidine rings is 1. The van der Waals surface area contributed by atoms with Gasteiger partial charge in [0.25, 0.3) is 0 Å². The first-order chi connectivity index (χ1) is 8.43. The third-order valence-corrected chi connectivity index (χ3v) is 3.43. The van der Waals surface area contributed by atoms with Crippen molar-refractivity contribution in [3.63, 3.8) is 0 Å². The monoisotopic (exact) mass is 230 g/mol. The van der Waals surface area contributed by atoms with Crippen molar-refractivity contribution in [2.24, 2.45) is 0 Å². The number of para-hydroxylation sites is 1. The summed E-state index contributed by atoms with van der Waals surface area (Å²) in [6.45, 7) is 2.14. The van der Waals surface area contributed by atoms with Gasteiger partial charge in [0.15, 0.2) is 0 Å². The second-order valence-electron chi connectivity index (χ2n) is 4.67. The molecule has 1 fully saturated rings. The second-order valence-corrected chi connectivity index (χ2v) is 4.67. The van der Waals surface area contributed by atoms with E-state index in [2.05, 4.69) is 39.0 Å². The van der Waals surface area contributed by atoms with Crippen LogP contribution in [0.5, 0.6) is 0 Å². The van der Waals surface area contributed by atoms with E-state index in [-0.39, 0.29) is 0 Å². The zero-order valence-electron chi connectivity index (χ0n) is 9.87. The number of benzene rings is 1. The van der Waals surface area contributed by atoms with Gasteiger partial charge in [-0.15, -0.1) is 0 Å². The molecule has 1 aliphatic heterocycles. The Hall–Kier alpha value is -1.55. The minimum absolute atomic E-state index is 0.599. The average Bonchev–Trinajstić information content (AvgIpc) is 2.86. The highest BCUT2D eigenvalue weighted by Gasteiger charge is 2.12. The van der Waals surface area contributed by atoms with E-state index in [1.807, 2.05) is 6.20 Å². The Bertz CT molecular complexity index is 485. The number of nitrogens with one attached hydrogen (secondary N) is 3. The van der Waals surface area contributed by atoms with Crippen LogP contribution < -0.4 is 10.6 Å². The van der Waals surface area contributed by atoms with E-state index in [9.17, 15) is 0 Å². The van der Waals surface area contributed by atoms with E-state index in [4.69, 9.17) is 0 Å². The van der Waals surface area contributed by atoms with Crippen LogP contribution in [-0.2, 0) is 0 Å². The van der Waals surface area contributed by atoms with Gasteiger partial charge in [0, 0.05) is 18.0 Å². The topological polar surface area (TPSA) is 52.7 Å². The molecule has 2 aromatic rings. The summed E-state index contributed by atoms with van der Waals surface area (Å²) in [6, 6.07) is 6.84. The summed E-state index contributed by atoms with van der Waals surface area (Å²) in [6.07, 6.45) is 5.78. The third-order valence-electron chi connectivity index (χ3n) is 3.43. The Morgan fingerprint density at radius 2 is 2.35 bits per heavy atom. The van der Waals surface area contributed by atoms with Crippen molar-refractivity contribution in [2.75, 3.05) is 18.4 Å². The lowest BCUT2D eigenvalue weighted by molar-refractivity contribution is 0.414. The fourth-order valence-corrected chi connectivity index (χ4v) is 2.45. The molecule has 1 atom stereocenters. The lowest BCUT2D eigenvalue weighted by Crippen LogP contribution is -2.39. The first kappa shape index (κ1) is 10.6. The summed E-state index contributed by atoms with van der Waals surface area (Å²) in [7, 11) is 0. The molecule has 90 valence electrons. The summed E-state index contributed by atoms with van der Waals surface area (Å²) >= 11 is 0. The molecule has 3 N–H and O–H groups in total. The molecule has 0 bridgehead atoms. The van der Waals surface area contributed by atoms with Crippen LogP contribution >= 0.6 is 0 Å². The van der Waals surface area contributed by atoms with Gasteiger partial charge in [0.1, 0.15) is 0 Å². The van der Waals surface area contributed by atoms with Crippen molar-refractivity contribution in [2.45, 2.75) is 25.3 Å². The van der Waals surface area contributed by atoms with Crippen molar-refractivity contribution < 1.29 is 0 Å². The highest BCUT2D eigenvalue weighted by atomic mass is 15.1. The molecule has 0 radical (unpaired) electrons. The minimum Gasteiger partial charge on any atom is -0.382 e. The molecule has 0 aliphatic carbocycles. The van der Waals surface area contributed by atoms with Crippen molar-refractivity contribution in [3.8, 4) is 0 Å². The second kappa shape index (κ2) is 4.75. The summed E-state index contributed by atoms with van der Waals surface area (Å²) in [4.78, 5) is 0. The molecule has 1 aromatic carbocycles. The Balaban J connectivity index is 1.69. The molecule has 1 unspecified atom stereocenters. The smallest absolute Gasteiger partial charge is 0.0881 e. The molecular formula is C13H18N4. The maximum absolute atomic E-state index is 4.08. The maximum atomic E-state index is 4.08. The van der Waals surface area contributed by atoms with Crippen molar-refractivity contribution in [1.82, 2.24) is 15.5 Å². The normalized spacial score (nSPS) is 20.6. The van der Waals surface area contributed by atoms with Crippen LogP contribution in [0, 0.1) is 0 Å². The minimum atomic E-state index is 0.599. The van der Waals surface area contributed by atoms with Crippen molar-refractivity contribution in [1.29, 1.82) is 0 Å². The highest BCUT2D eigenvalue weighted by Crippen LogP contribution is 2.20. The fourth-order valence-electron chi connectivity index (χ4n) is 2.45. The molecule has 1 aliphatic rings. The average molecular weight is 230 g/mol. The first-order valence-electron chi connectivity index (χ1n) is 6.33. The van der Waals surface area contributed by atoms with Gasteiger partial charge in [-0.1, -0.05) is 18.6 Å².